The predicted molar refractivity (Wildman–Crippen MR) is 78.1 cm³/mol. The summed E-state index contributed by atoms with van der Waals surface area (Å²) in [5.41, 5.74) is 1.59. The molecule has 1 atom stereocenters. The van der Waals surface area contributed by atoms with E-state index in [1.165, 1.54) is 0 Å². The van der Waals surface area contributed by atoms with Crippen LogP contribution >= 0.6 is 0 Å². The number of hydrogen-bond donors (Lipinski definition) is 1. The zero-order valence-corrected chi connectivity index (χ0v) is 11.9. The molecule has 2 rings (SSSR count). The second-order valence-electron chi connectivity index (χ2n) is 5.12. The molecular weight excluding hydrogens is 254 g/mol. The predicted octanol–water partition coefficient (Wildman–Crippen LogP) is 2.55. The van der Waals surface area contributed by atoms with E-state index in [9.17, 15) is 4.79 Å². The lowest BCUT2D eigenvalue weighted by Gasteiger charge is -2.11. The summed E-state index contributed by atoms with van der Waals surface area (Å²) in [5.74, 6) is 0.663. The van der Waals surface area contributed by atoms with E-state index in [-0.39, 0.29) is 12.0 Å². The summed E-state index contributed by atoms with van der Waals surface area (Å²) in [6, 6.07) is 7.12. The van der Waals surface area contributed by atoms with Crippen LogP contribution in [0.4, 0.5) is 0 Å². The number of carbonyl (C=O) groups excluding carboxylic acids is 1. The van der Waals surface area contributed by atoms with Crippen LogP contribution in [0.1, 0.15) is 30.1 Å². The summed E-state index contributed by atoms with van der Waals surface area (Å²) in [6.45, 7) is 7.55. The van der Waals surface area contributed by atoms with Crippen LogP contribution < -0.4 is 10.1 Å². The lowest BCUT2D eigenvalue weighted by Crippen LogP contribution is -2.31. The van der Waals surface area contributed by atoms with Gasteiger partial charge in [0, 0.05) is 18.7 Å². The largest absolute Gasteiger partial charge is 0.489 e. The first-order chi connectivity index (χ1) is 9.65. The Labute approximate surface area is 119 Å². The van der Waals surface area contributed by atoms with Crippen molar-refractivity contribution in [3.05, 3.63) is 42.0 Å². The van der Waals surface area contributed by atoms with E-state index in [2.05, 4.69) is 11.9 Å². The standard InChI is InChI=1S/C16H21NO3/c1-12(2)11-20-14-7-5-13(6-8-14)16(18)17-10-15-4-3-9-19-15/h5-8,15H,1,3-4,9-11H2,2H3,(H,17,18)/t15-/m0/s1. The molecule has 1 aromatic rings. The van der Waals surface area contributed by atoms with Crippen molar-refractivity contribution in [3.8, 4) is 5.75 Å². The van der Waals surface area contributed by atoms with Gasteiger partial charge in [-0.25, -0.2) is 0 Å². The number of ether oxygens (including phenoxy) is 2. The molecule has 20 heavy (non-hydrogen) atoms. The molecule has 1 aliphatic rings. The van der Waals surface area contributed by atoms with Gasteiger partial charge in [-0.05, 0) is 49.6 Å². The minimum atomic E-state index is -0.0769. The molecule has 108 valence electrons. The fourth-order valence-electron chi connectivity index (χ4n) is 2.02. The number of hydrogen-bond acceptors (Lipinski definition) is 3. The van der Waals surface area contributed by atoms with Crippen molar-refractivity contribution in [1.29, 1.82) is 0 Å². The number of carbonyl (C=O) groups is 1. The molecule has 1 amide bonds. The van der Waals surface area contributed by atoms with Crippen LogP contribution in [0, 0.1) is 0 Å². The van der Waals surface area contributed by atoms with E-state index in [1.54, 1.807) is 24.3 Å². The molecule has 1 aliphatic heterocycles. The Morgan fingerprint density at radius 1 is 1.45 bits per heavy atom. The Morgan fingerprint density at radius 3 is 2.80 bits per heavy atom. The number of rotatable bonds is 6. The van der Waals surface area contributed by atoms with E-state index >= 15 is 0 Å². The molecule has 4 heteroatoms. The molecule has 4 nitrogen and oxygen atoms in total. The SMILES string of the molecule is C=C(C)COc1ccc(C(=O)NC[C@@H]2CCCO2)cc1. The number of benzene rings is 1. The molecule has 1 aromatic carbocycles. The van der Waals surface area contributed by atoms with Gasteiger partial charge in [-0.3, -0.25) is 4.79 Å². The van der Waals surface area contributed by atoms with Crippen molar-refractivity contribution >= 4 is 5.91 Å². The summed E-state index contributed by atoms with van der Waals surface area (Å²) < 4.78 is 11.0. The topological polar surface area (TPSA) is 47.6 Å². The summed E-state index contributed by atoms with van der Waals surface area (Å²) in [4.78, 5) is 12.0. The molecule has 0 aliphatic carbocycles. The second-order valence-corrected chi connectivity index (χ2v) is 5.12. The van der Waals surface area contributed by atoms with E-state index in [4.69, 9.17) is 9.47 Å². The van der Waals surface area contributed by atoms with Gasteiger partial charge in [-0.15, -0.1) is 0 Å². The van der Waals surface area contributed by atoms with E-state index < -0.39 is 0 Å². The fourth-order valence-corrected chi connectivity index (χ4v) is 2.02. The smallest absolute Gasteiger partial charge is 0.251 e. The van der Waals surface area contributed by atoms with Crippen LogP contribution in [0.25, 0.3) is 0 Å². The second kappa shape index (κ2) is 7.10. The molecular formula is C16H21NO3. The lowest BCUT2D eigenvalue weighted by atomic mass is 10.2. The highest BCUT2D eigenvalue weighted by Crippen LogP contribution is 2.14. The van der Waals surface area contributed by atoms with Crippen LogP contribution in [0.3, 0.4) is 0 Å². The van der Waals surface area contributed by atoms with E-state index in [0.717, 1.165) is 30.8 Å². The van der Waals surface area contributed by atoms with Gasteiger partial charge in [0.25, 0.3) is 5.91 Å². The third kappa shape index (κ3) is 4.38. The number of amides is 1. The monoisotopic (exact) mass is 275 g/mol. The van der Waals surface area contributed by atoms with E-state index in [1.807, 2.05) is 6.92 Å². The zero-order valence-electron chi connectivity index (χ0n) is 11.9. The van der Waals surface area contributed by atoms with Crippen molar-refractivity contribution in [2.45, 2.75) is 25.9 Å². The van der Waals surface area contributed by atoms with Crippen LogP contribution in [0.5, 0.6) is 5.75 Å². The van der Waals surface area contributed by atoms with Crippen LogP contribution in [-0.2, 0) is 4.74 Å². The van der Waals surface area contributed by atoms with Gasteiger partial charge in [0.2, 0.25) is 0 Å². The maximum atomic E-state index is 12.0. The Hall–Kier alpha value is -1.81. The summed E-state index contributed by atoms with van der Waals surface area (Å²) in [7, 11) is 0. The molecule has 0 bridgehead atoms. The maximum Gasteiger partial charge on any atom is 0.251 e. The summed E-state index contributed by atoms with van der Waals surface area (Å²) in [6.07, 6.45) is 2.26. The minimum absolute atomic E-state index is 0.0769. The molecule has 1 fully saturated rings. The van der Waals surface area contributed by atoms with Crippen LogP contribution in [-0.4, -0.2) is 31.8 Å². The lowest BCUT2D eigenvalue weighted by molar-refractivity contribution is 0.0858. The molecule has 1 N–H and O–H groups in total. The average Bonchev–Trinajstić information content (AvgIpc) is 2.96. The Balaban J connectivity index is 1.81. The first-order valence-electron chi connectivity index (χ1n) is 6.92. The summed E-state index contributed by atoms with van der Waals surface area (Å²) in [5, 5.41) is 2.89. The van der Waals surface area contributed by atoms with Gasteiger partial charge in [0.15, 0.2) is 0 Å². The van der Waals surface area contributed by atoms with Crippen molar-refractivity contribution in [3.63, 3.8) is 0 Å². The van der Waals surface area contributed by atoms with Crippen LogP contribution in [0.2, 0.25) is 0 Å². The van der Waals surface area contributed by atoms with Gasteiger partial charge >= 0.3 is 0 Å². The molecule has 1 heterocycles. The first kappa shape index (κ1) is 14.6. The first-order valence-corrected chi connectivity index (χ1v) is 6.92. The molecule has 1 saturated heterocycles. The maximum absolute atomic E-state index is 12.0. The highest BCUT2D eigenvalue weighted by molar-refractivity contribution is 5.94. The molecule has 0 aromatic heterocycles. The normalized spacial score (nSPS) is 17.8. The average molecular weight is 275 g/mol. The van der Waals surface area contributed by atoms with Gasteiger partial charge in [-0.1, -0.05) is 6.58 Å². The molecule has 0 spiro atoms. The number of nitrogens with one attached hydrogen (secondary N) is 1. The van der Waals surface area contributed by atoms with Crippen molar-refractivity contribution in [1.82, 2.24) is 5.32 Å². The summed E-state index contributed by atoms with van der Waals surface area (Å²) >= 11 is 0. The third-order valence-corrected chi connectivity index (χ3v) is 3.12. The van der Waals surface area contributed by atoms with Gasteiger partial charge < -0.3 is 14.8 Å². The Kier molecular flexibility index (Phi) is 5.18. The highest BCUT2D eigenvalue weighted by atomic mass is 16.5. The molecule has 0 radical (unpaired) electrons. The Morgan fingerprint density at radius 2 is 2.20 bits per heavy atom. The minimum Gasteiger partial charge on any atom is -0.489 e. The van der Waals surface area contributed by atoms with E-state index in [0.29, 0.717) is 18.7 Å². The van der Waals surface area contributed by atoms with Gasteiger partial charge in [0.1, 0.15) is 12.4 Å². The quantitative estimate of drug-likeness (QED) is 0.812. The Bertz CT molecular complexity index is 461. The van der Waals surface area contributed by atoms with Gasteiger partial charge in [-0.2, -0.15) is 0 Å². The van der Waals surface area contributed by atoms with Crippen molar-refractivity contribution in [2.24, 2.45) is 0 Å². The van der Waals surface area contributed by atoms with Gasteiger partial charge in [0.05, 0.1) is 6.10 Å². The molecule has 0 unspecified atom stereocenters. The van der Waals surface area contributed by atoms with Crippen molar-refractivity contribution < 1.29 is 14.3 Å². The van der Waals surface area contributed by atoms with Crippen molar-refractivity contribution in [2.75, 3.05) is 19.8 Å². The third-order valence-electron chi connectivity index (χ3n) is 3.12. The fraction of sp³-hybridized carbons (Fsp3) is 0.438. The molecule has 0 saturated carbocycles. The highest BCUT2D eigenvalue weighted by Gasteiger charge is 2.16. The van der Waals surface area contributed by atoms with Crippen LogP contribution in [0.15, 0.2) is 36.4 Å². The zero-order chi connectivity index (χ0) is 14.4.